The highest BCUT2D eigenvalue weighted by Crippen LogP contribution is 2.22. The van der Waals surface area contributed by atoms with Gasteiger partial charge < -0.3 is 5.32 Å². The number of anilines is 1. The summed E-state index contributed by atoms with van der Waals surface area (Å²) in [4.78, 5) is 20.5. The van der Waals surface area contributed by atoms with E-state index in [0.29, 0.717) is 32.9 Å². The number of pyridine rings is 1. The van der Waals surface area contributed by atoms with Crippen molar-refractivity contribution in [2.75, 3.05) is 11.1 Å². The zero-order valence-corrected chi connectivity index (χ0v) is 14.3. The van der Waals surface area contributed by atoms with E-state index in [1.165, 1.54) is 17.8 Å². The number of nitrogens with one attached hydrogen (secondary N) is 2. The maximum Gasteiger partial charge on any atom is 0.234 e. The van der Waals surface area contributed by atoms with Crippen LogP contribution in [0.25, 0.3) is 11.5 Å². The van der Waals surface area contributed by atoms with E-state index in [9.17, 15) is 4.79 Å². The first kappa shape index (κ1) is 17.0. The van der Waals surface area contributed by atoms with Gasteiger partial charge in [0.25, 0.3) is 0 Å². The molecule has 0 aliphatic rings. The molecular weight excluding hydrogens is 360 g/mol. The van der Waals surface area contributed by atoms with Crippen LogP contribution in [0.3, 0.4) is 0 Å². The third kappa shape index (κ3) is 4.35. The van der Waals surface area contributed by atoms with Gasteiger partial charge in [-0.3, -0.25) is 14.9 Å². The molecule has 2 heterocycles. The average molecular weight is 371 g/mol. The largest absolute Gasteiger partial charge is 0.324 e. The van der Waals surface area contributed by atoms with Crippen LogP contribution in [0.1, 0.15) is 5.56 Å². The molecule has 0 fully saturated rings. The molecule has 0 aliphatic carbocycles. The lowest BCUT2D eigenvalue weighted by Crippen LogP contribution is -2.15. The quantitative estimate of drug-likeness (QED) is 0.668. The zero-order valence-electron chi connectivity index (χ0n) is 12.7. The van der Waals surface area contributed by atoms with E-state index in [2.05, 4.69) is 25.5 Å². The van der Waals surface area contributed by atoms with E-state index in [1.807, 2.05) is 24.3 Å². The van der Waals surface area contributed by atoms with Crippen LogP contribution in [0.15, 0.2) is 47.8 Å². The van der Waals surface area contributed by atoms with Crippen LogP contribution in [-0.2, 0) is 4.79 Å². The van der Waals surface area contributed by atoms with E-state index in [0.717, 1.165) is 0 Å². The summed E-state index contributed by atoms with van der Waals surface area (Å²) >= 11 is 7.07. The topological polar surface area (TPSA) is 107 Å². The molecule has 1 aromatic carbocycles. The highest BCUT2D eigenvalue weighted by atomic mass is 35.5. The van der Waals surface area contributed by atoms with Crippen molar-refractivity contribution < 1.29 is 4.79 Å². The summed E-state index contributed by atoms with van der Waals surface area (Å²) < 4.78 is 0. The van der Waals surface area contributed by atoms with Crippen LogP contribution in [0, 0.1) is 11.3 Å². The summed E-state index contributed by atoms with van der Waals surface area (Å²) in [6.07, 6.45) is 1.66. The Kier molecular flexibility index (Phi) is 5.28. The molecule has 7 nitrogen and oxygen atoms in total. The third-order valence-electron chi connectivity index (χ3n) is 3.08. The van der Waals surface area contributed by atoms with Gasteiger partial charge in [0.05, 0.1) is 17.0 Å². The fourth-order valence-corrected chi connectivity index (χ4v) is 2.73. The number of aromatic nitrogens is 4. The molecule has 2 N–H and O–H groups in total. The van der Waals surface area contributed by atoms with Gasteiger partial charge >= 0.3 is 0 Å². The first-order valence-electron chi connectivity index (χ1n) is 7.12. The van der Waals surface area contributed by atoms with Crippen molar-refractivity contribution in [2.45, 2.75) is 5.16 Å². The summed E-state index contributed by atoms with van der Waals surface area (Å²) in [5.74, 6) is 0.342. The molecule has 0 radical (unpaired) electrons. The van der Waals surface area contributed by atoms with E-state index >= 15 is 0 Å². The molecular formula is C16H11ClN6OS. The second-order valence-electron chi connectivity index (χ2n) is 4.82. The molecule has 0 unspecified atom stereocenters. The molecule has 25 heavy (non-hydrogen) atoms. The summed E-state index contributed by atoms with van der Waals surface area (Å²) in [5.41, 5.74) is 1.40. The van der Waals surface area contributed by atoms with E-state index in [4.69, 9.17) is 16.9 Å². The van der Waals surface area contributed by atoms with Gasteiger partial charge in [0.2, 0.25) is 11.1 Å². The molecule has 1 amide bonds. The number of thioether (sulfide) groups is 1. The fourth-order valence-electron chi connectivity index (χ4n) is 1.96. The van der Waals surface area contributed by atoms with Crippen molar-refractivity contribution in [1.82, 2.24) is 20.2 Å². The summed E-state index contributed by atoms with van der Waals surface area (Å²) in [5, 5.41) is 19.4. The number of halogens is 1. The molecule has 0 aliphatic heterocycles. The number of hydrogen-bond donors (Lipinski definition) is 2. The van der Waals surface area contributed by atoms with E-state index in [-0.39, 0.29) is 11.7 Å². The molecule has 0 bridgehead atoms. The van der Waals surface area contributed by atoms with Crippen molar-refractivity contribution in [3.63, 3.8) is 0 Å². The van der Waals surface area contributed by atoms with Gasteiger partial charge in [-0.25, -0.2) is 0 Å². The van der Waals surface area contributed by atoms with Crippen molar-refractivity contribution >= 4 is 35.0 Å². The lowest BCUT2D eigenvalue weighted by atomic mass is 10.2. The number of carbonyl (C=O) groups is 1. The molecule has 0 spiro atoms. The Hall–Kier alpha value is -2.89. The number of H-pyrrole nitrogens is 1. The zero-order chi connectivity index (χ0) is 17.6. The molecule has 9 heteroatoms. The highest BCUT2D eigenvalue weighted by molar-refractivity contribution is 7.99. The van der Waals surface area contributed by atoms with E-state index in [1.54, 1.807) is 18.3 Å². The van der Waals surface area contributed by atoms with Crippen LogP contribution < -0.4 is 5.32 Å². The maximum atomic E-state index is 12.1. The van der Waals surface area contributed by atoms with Crippen LogP contribution in [0.4, 0.5) is 5.69 Å². The SMILES string of the molecule is N#Cc1ccc(Cl)cc1NC(=O)CSc1n[nH]c(-c2ccccn2)n1. The van der Waals surface area contributed by atoms with Gasteiger partial charge in [-0.1, -0.05) is 29.4 Å². The average Bonchev–Trinajstić information content (AvgIpc) is 3.10. The van der Waals surface area contributed by atoms with Crippen LogP contribution in [0.5, 0.6) is 0 Å². The highest BCUT2D eigenvalue weighted by Gasteiger charge is 2.11. The fraction of sp³-hybridized carbons (Fsp3) is 0.0625. The minimum atomic E-state index is -0.284. The predicted molar refractivity (Wildman–Crippen MR) is 95.1 cm³/mol. The molecule has 0 atom stereocenters. The number of nitrogens with zero attached hydrogens (tertiary/aromatic N) is 4. The maximum absolute atomic E-state index is 12.1. The third-order valence-corrected chi connectivity index (χ3v) is 4.16. The molecule has 3 aromatic rings. The number of hydrogen-bond acceptors (Lipinski definition) is 6. The standard InChI is InChI=1S/C16H11ClN6OS/c17-11-5-4-10(8-18)13(7-11)20-14(24)9-25-16-21-15(22-23-16)12-3-1-2-6-19-12/h1-7H,9H2,(H,20,24)(H,21,22,23). The molecule has 2 aromatic heterocycles. The van der Waals surface area contributed by atoms with Crippen LogP contribution >= 0.6 is 23.4 Å². The normalized spacial score (nSPS) is 10.2. The second-order valence-corrected chi connectivity index (χ2v) is 6.20. The number of carbonyl (C=O) groups excluding carboxylic acids is 1. The number of nitriles is 1. The minimum absolute atomic E-state index is 0.0941. The predicted octanol–water partition coefficient (Wildman–Crippen LogP) is 3.12. The Morgan fingerprint density at radius 1 is 1.36 bits per heavy atom. The number of rotatable bonds is 5. The van der Waals surface area contributed by atoms with Gasteiger partial charge in [-0.2, -0.15) is 10.2 Å². The van der Waals surface area contributed by atoms with Crippen LogP contribution in [-0.4, -0.2) is 31.8 Å². The second kappa shape index (κ2) is 7.79. The lowest BCUT2D eigenvalue weighted by Gasteiger charge is -2.06. The first-order chi connectivity index (χ1) is 12.2. The smallest absolute Gasteiger partial charge is 0.234 e. The summed E-state index contributed by atoms with van der Waals surface area (Å²) in [7, 11) is 0. The van der Waals surface area contributed by atoms with Crippen molar-refractivity contribution in [3.05, 3.63) is 53.2 Å². The van der Waals surface area contributed by atoms with Gasteiger partial charge in [0.15, 0.2) is 5.82 Å². The minimum Gasteiger partial charge on any atom is -0.324 e. The van der Waals surface area contributed by atoms with Gasteiger partial charge in [-0.05, 0) is 30.3 Å². The molecule has 3 rings (SSSR count). The Morgan fingerprint density at radius 2 is 2.24 bits per heavy atom. The monoisotopic (exact) mass is 370 g/mol. The Balaban J connectivity index is 1.61. The van der Waals surface area contributed by atoms with Gasteiger partial charge in [-0.15, -0.1) is 5.10 Å². The summed E-state index contributed by atoms with van der Waals surface area (Å²) in [6, 6.07) is 12.2. The van der Waals surface area contributed by atoms with E-state index < -0.39 is 0 Å². The Bertz CT molecular complexity index is 937. The van der Waals surface area contributed by atoms with Gasteiger partial charge in [0.1, 0.15) is 11.8 Å². The molecule has 0 saturated heterocycles. The van der Waals surface area contributed by atoms with Crippen LogP contribution in [0.2, 0.25) is 5.02 Å². The van der Waals surface area contributed by atoms with Gasteiger partial charge in [0, 0.05) is 11.2 Å². The number of aromatic amines is 1. The lowest BCUT2D eigenvalue weighted by molar-refractivity contribution is -0.113. The van der Waals surface area contributed by atoms with Crippen molar-refractivity contribution in [3.8, 4) is 17.6 Å². The number of amides is 1. The first-order valence-corrected chi connectivity index (χ1v) is 8.48. The van der Waals surface area contributed by atoms with Crippen molar-refractivity contribution in [1.29, 1.82) is 5.26 Å². The summed E-state index contributed by atoms with van der Waals surface area (Å²) in [6.45, 7) is 0. The number of benzene rings is 1. The Morgan fingerprint density at radius 3 is 3.00 bits per heavy atom. The molecule has 0 saturated carbocycles. The van der Waals surface area contributed by atoms with Crippen molar-refractivity contribution in [2.24, 2.45) is 0 Å². The Labute approximate surface area is 152 Å². The molecule has 124 valence electrons.